The lowest BCUT2D eigenvalue weighted by Gasteiger charge is -2.06. The summed E-state index contributed by atoms with van der Waals surface area (Å²) in [5, 5.41) is 9.62. The SMILES string of the molecule is Nc1cc(SCc2ccccc2Cl)ccc1C(=O)O. The van der Waals surface area contributed by atoms with Crippen molar-refractivity contribution >= 4 is 35.0 Å². The molecule has 0 radical (unpaired) electrons. The predicted octanol–water partition coefficient (Wildman–Crippen LogP) is 3.91. The van der Waals surface area contributed by atoms with Crippen LogP contribution in [0.25, 0.3) is 0 Å². The number of nitrogen functional groups attached to an aromatic ring is 1. The second-order valence-corrected chi connectivity index (χ2v) is 5.39. The Morgan fingerprint density at radius 3 is 2.63 bits per heavy atom. The average Bonchev–Trinajstić information content (AvgIpc) is 2.37. The van der Waals surface area contributed by atoms with Crippen molar-refractivity contribution in [1.29, 1.82) is 0 Å². The highest BCUT2D eigenvalue weighted by atomic mass is 35.5. The van der Waals surface area contributed by atoms with E-state index in [1.165, 1.54) is 6.07 Å². The van der Waals surface area contributed by atoms with Crippen LogP contribution in [0.5, 0.6) is 0 Å². The third-order valence-electron chi connectivity index (χ3n) is 2.61. The summed E-state index contributed by atoms with van der Waals surface area (Å²) >= 11 is 7.64. The van der Waals surface area contributed by atoms with Gasteiger partial charge >= 0.3 is 5.97 Å². The number of anilines is 1. The fourth-order valence-corrected chi connectivity index (χ4v) is 2.83. The molecule has 19 heavy (non-hydrogen) atoms. The van der Waals surface area contributed by atoms with Crippen LogP contribution in [0.15, 0.2) is 47.4 Å². The Labute approximate surface area is 120 Å². The zero-order valence-corrected chi connectivity index (χ0v) is 11.5. The van der Waals surface area contributed by atoms with E-state index in [2.05, 4.69) is 0 Å². The van der Waals surface area contributed by atoms with Gasteiger partial charge in [0, 0.05) is 21.4 Å². The number of thioether (sulfide) groups is 1. The Hall–Kier alpha value is -1.65. The van der Waals surface area contributed by atoms with Crippen molar-refractivity contribution in [2.24, 2.45) is 0 Å². The maximum absolute atomic E-state index is 10.9. The van der Waals surface area contributed by atoms with Gasteiger partial charge in [0.15, 0.2) is 0 Å². The number of rotatable bonds is 4. The lowest BCUT2D eigenvalue weighted by Crippen LogP contribution is -2.01. The predicted molar refractivity (Wildman–Crippen MR) is 78.8 cm³/mol. The molecule has 0 fully saturated rings. The number of carbonyl (C=O) groups is 1. The van der Waals surface area contributed by atoms with Crippen LogP contribution in [0.3, 0.4) is 0 Å². The number of hydrogen-bond acceptors (Lipinski definition) is 3. The van der Waals surface area contributed by atoms with Gasteiger partial charge < -0.3 is 10.8 Å². The monoisotopic (exact) mass is 293 g/mol. The molecule has 5 heteroatoms. The summed E-state index contributed by atoms with van der Waals surface area (Å²) in [6.07, 6.45) is 0. The second kappa shape index (κ2) is 5.99. The van der Waals surface area contributed by atoms with Gasteiger partial charge in [0.25, 0.3) is 0 Å². The molecule has 2 aromatic carbocycles. The number of carboxylic acids is 1. The van der Waals surface area contributed by atoms with Crippen molar-refractivity contribution in [2.45, 2.75) is 10.6 Å². The van der Waals surface area contributed by atoms with E-state index >= 15 is 0 Å². The highest BCUT2D eigenvalue weighted by Gasteiger charge is 2.08. The molecule has 0 aliphatic heterocycles. The first-order valence-electron chi connectivity index (χ1n) is 5.57. The lowest BCUT2D eigenvalue weighted by atomic mass is 10.2. The minimum atomic E-state index is -1.01. The van der Waals surface area contributed by atoms with Gasteiger partial charge in [-0.15, -0.1) is 11.8 Å². The average molecular weight is 294 g/mol. The molecule has 98 valence electrons. The van der Waals surface area contributed by atoms with Crippen molar-refractivity contribution < 1.29 is 9.90 Å². The van der Waals surface area contributed by atoms with E-state index in [0.29, 0.717) is 5.75 Å². The fraction of sp³-hybridized carbons (Fsp3) is 0.0714. The van der Waals surface area contributed by atoms with E-state index in [-0.39, 0.29) is 11.3 Å². The molecular weight excluding hydrogens is 282 g/mol. The van der Waals surface area contributed by atoms with Crippen LogP contribution in [0.1, 0.15) is 15.9 Å². The van der Waals surface area contributed by atoms with Gasteiger partial charge in [-0.2, -0.15) is 0 Å². The van der Waals surface area contributed by atoms with E-state index in [1.807, 2.05) is 24.3 Å². The molecule has 0 amide bonds. The quantitative estimate of drug-likeness (QED) is 0.662. The molecule has 0 aliphatic rings. The minimum Gasteiger partial charge on any atom is -0.478 e. The molecule has 0 saturated carbocycles. The van der Waals surface area contributed by atoms with E-state index in [4.69, 9.17) is 22.4 Å². The normalized spacial score (nSPS) is 10.4. The van der Waals surface area contributed by atoms with E-state index in [1.54, 1.807) is 23.9 Å². The number of hydrogen-bond donors (Lipinski definition) is 2. The maximum atomic E-state index is 10.9. The summed E-state index contributed by atoms with van der Waals surface area (Å²) in [6, 6.07) is 12.6. The van der Waals surface area contributed by atoms with Gasteiger partial charge in [0.05, 0.1) is 5.56 Å². The highest BCUT2D eigenvalue weighted by molar-refractivity contribution is 7.98. The molecular formula is C14H12ClNO2S. The van der Waals surface area contributed by atoms with Gasteiger partial charge in [-0.25, -0.2) is 4.79 Å². The summed E-state index contributed by atoms with van der Waals surface area (Å²) in [7, 11) is 0. The van der Waals surface area contributed by atoms with Crippen LogP contribution in [0, 0.1) is 0 Å². The Morgan fingerprint density at radius 2 is 2.00 bits per heavy atom. The van der Waals surface area contributed by atoms with Gasteiger partial charge in [-0.05, 0) is 29.8 Å². The summed E-state index contributed by atoms with van der Waals surface area (Å²) in [5.74, 6) is -0.300. The van der Waals surface area contributed by atoms with E-state index in [9.17, 15) is 4.79 Å². The Morgan fingerprint density at radius 1 is 1.26 bits per heavy atom. The third kappa shape index (κ3) is 3.43. The topological polar surface area (TPSA) is 63.3 Å². The number of halogens is 1. The number of aromatic carboxylic acids is 1. The number of carboxylic acid groups (broad SMARTS) is 1. The first kappa shape index (κ1) is 13.8. The van der Waals surface area contributed by atoms with Crippen LogP contribution in [0.2, 0.25) is 5.02 Å². The number of nitrogens with two attached hydrogens (primary N) is 1. The lowest BCUT2D eigenvalue weighted by molar-refractivity contribution is 0.0698. The molecule has 3 nitrogen and oxygen atoms in total. The Balaban J connectivity index is 2.11. The standard InChI is InChI=1S/C14H12ClNO2S/c15-12-4-2-1-3-9(12)8-19-10-5-6-11(14(17)18)13(16)7-10/h1-7H,8,16H2,(H,17,18). The zero-order chi connectivity index (χ0) is 13.8. The van der Waals surface area contributed by atoms with Crippen molar-refractivity contribution in [3.63, 3.8) is 0 Å². The fourth-order valence-electron chi connectivity index (χ4n) is 1.60. The van der Waals surface area contributed by atoms with Crippen LogP contribution >= 0.6 is 23.4 Å². The summed E-state index contributed by atoms with van der Waals surface area (Å²) < 4.78 is 0. The van der Waals surface area contributed by atoms with Gasteiger partial charge in [-0.1, -0.05) is 29.8 Å². The maximum Gasteiger partial charge on any atom is 0.337 e. The molecule has 3 N–H and O–H groups in total. The van der Waals surface area contributed by atoms with E-state index < -0.39 is 5.97 Å². The molecule has 0 aromatic heterocycles. The first-order valence-corrected chi connectivity index (χ1v) is 6.93. The molecule has 0 spiro atoms. The largest absolute Gasteiger partial charge is 0.478 e. The van der Waals surface area contributed by atoms with E-state index in [0.717, 1.165) is 15.5 Å². The van der Waals surface area contributed by atoms with Crippen molar-refractivity contribution in [1.82, 2.24) is 0 Å². The summed E-state index contributed by atoms with van der Waals surface area (Å²) in [5.41, 5.74) is 7.14. The molecule has 0 unspecified atom stereocenters. The molecule has 2 aromatic rings. The van der Waals surface area contributed by atoms with Crippen LogP contribution in [-0.2, 0) is 5.75 Å². The summed E-state index contributed by atoms with van der Waals surface area (Å²) in [6.45, 7) is 0. The van der Waals surface area contributed by atoms with Crippen LogP contribution in [0.4, 0.5) is 5.69 Å². The number of benzene rings is 2. The summed E-state index contributed by atoms with van der Waals surface area (Å²) in [4.78, 5) is 11.8. The molecule has 2 rings (SSSR count). The highest BCUT2D eigenvalue weighted by Crippen LogP contribution is 2.28. The van der Waals surface area contributed by atoms with Crippen LogP contribution < -0.4 is 5.73 Å². The van der Waals surface area contributed by atoms with Crippen LogP contribution in [-0.4, -0.2) is 11.1 Å². The molecule has 0 aliphatic carbocycles. The van der Waals surface area contributed by atoms with Crippen molar-refractivity contribution in [3.8, 4) is 0 Å². The molecule has 0 bridgehead atoms. The smallest absolute Gasteiger partial charge is 0.337 e. The van der Waals surface area contributed by atoms with Gasteiger partial charge in [0.1, 0.15) is 0 Å². The van der Waals surface area contributed by atoms with Crippen molar-refractivity contribution in [2.75, 3.05) is 5.73 Å². The second-order valence-electron chi connectivity index (χ2n) is 3.93. The Kier molecular flexibility index (Phi) is 4.35. The van der Waals surface area contributed by atoms with Crippen molar-refractivity contribution in [3.05, 3.63) is 58.6 Å². The van der Waals surface area contributed by atoms with Gasteiger partial charge in [-0.3, -0.25) is 0 Å². The van der Waals surface area contributed by atoms with Gasteiger partial charge in [0.2, 0.25) is 0 Å². The molecule has 0 saturated heterocycles. The minimum absolute atomic E-state index is 0.127. The third-order valence-corrected chi connectivity index (χ3v) is 4.02. The zero-order valence-electron chi connectivity index (χ0n) is 9.97. The Bertz CT molecular complexity index is 616. The molecule has 0 heterocycles. The molecule has 0 atom stereocenters. The first-order chi connectivity index (χ1) is 9.08.